The van der Waals surface area contributed by atoms with Gasteiger partial charge in [0.25, 0.3) is 0 Å². The van der Waals surface area contributed by atoms with E-state index in [9.17, 15) is 9.59 Å². The number of Topliss-reactive ketones (excluding diaryl/α,β-unsaturated/α-hetero) is 1. The second-order valence-electron chi connectivity index (χ2n) is 2.72. The number of nitrogens with one attached hydrogen (secondary N) is 1. The lowest BCUT2D eigenvalue weighted by atomic mass is 9.91. The highest BCUT2D eigenvalue weighted by atomic mass is 16.1. The molecule has 0 aromatic rings. The van der Waals surface area contributed by atoms with Gasteiger partial charge in [-0.25, -0.2) is 0 Å². The van der Waals surface area contributed by atoms with Crippen LogP contribution in [0.4, 0.5) is 0 Å². The zero-order chi connectivity index (χ0) is 8.55. The fraction of sp³-hybridized carbons (Fsp3) is 0.111. The van der Waals surface area contributed by atoms with Crippen LogP contribution in [0.2, 0.25) is 0 Å². The van der Waals surface area contributed by atoms with Gasteiger partial charge in [-0.2, -0.15) is 0 Å². The maximum absolute atomic E-state index is 11.2. The fourth-order valence-corrected chi connectivity index (χ4v) is 1.29. The van der Waals surface area contributed by atoms with Crippen LogP contribution in [-0.4, -0.2) is 11.6 Å². The van der Waals surface area contributed by atoms with E-state index in [-0.39, 0.29) is 18.0 Å². The van der Waals surface area contributed by atoms with Gasteiger partial charge in [0, 0.05) is 18.0 Å². The van der Waals surface area contributed by atoms with Crippen LogP contribution >= 0.6 is 0 Å². The van der Waals surface area contributed by atoms with Crippen molar-refractivity contribution >= 4 is 11.6 Å². The van der Waals surface area contributed by atoms with E-state index in [0.29, 0.717) is 5.57 Å². The second kappa shape index (κ2) is 2.44. The van der Waals surface area contributed by atoms with E-state index < -0.39 is 0 Å². The zero-order valence-electron chi connectivity index (χ0n) is 6.33. The maximum Gasteiger partial charge on any atom is 0.172 e. The van der Waals surface area contributed by atoms with Crippen molar-refractivity contribution in [3.8, 4) is 0 Å². The number of dihydropyridines is 1. The first-order valence-corrected chi connectivity index (χ1v) is 3.68. The van der Waals surface area contributed by atoms with Crippen LogP contribution in [0.25, 0.3) is 0 Å². The van der Waals surface area contributed by atoms with E-state index in [1.807, 2.05) is 0 Å². The quantitative estimate of drug-likeness (QED) is 0.525. The predicted octanol–water partition coefficient (Wildman–Crippen LogP) is 0.455. The smallest absolute Gasteiger partial charge is 0.172 e. The van der Waals surface area contributed by atoms with Gasteiger partial charge in [0.05, 0.1) is 6.42 Å². The Kier molecular flexibility index (Phi) is 1.43. The van der Waals surface area contributed by atoms with Gasteiger partial charge in [-0.1, -0.05) is 0 Å². The Bertz CT molecular complexity index is 348. The SMILES string of the molecule is O=C1C=C2C=CNC=C2C(=O)C1. The molecule has 1 heterocycles. The van der Waals surface area contributed by atoms with Gasteiger partial charge in [-0.15, -0.1) is 0 Å². The molecule has 0 bridgehead atoms. The zero-order valence-corrected chi connectivity index (χ0v) is 6.33. The number of hydrogen-bond donors (Lipinski definition) is 1. The number of allylic oxidation sites excluding steroid dienone is 4. The van der Waals surface area contributed by atoms with Crippen molar-refractivity contribution in [3.63, 3.8) is 0 Å². The van der Waals surface area contributed by atoms with E-state index >= 15 is 0 Å². The first-order chi connectivity index (χ1) is 5.77. The summed E-state index contributed by atoms with van der Waals surface area (Å²) in [6, 6.07) is 0. The molecule has 60 valence electrons. The Hall–Kier alpha value is -1.64. The molecule has 0 aromatic carbocycles. The van der Waals surface area contributed by atoms with Gasteiger partial charge in [-0.05, 0) is 17.7 Å². The standard InChI is InChI=1S/C9H7NO2/c11-7-3-6-1-2-10-5-8(6)9(12)4-7/h1-3,5,10H,4H2. The van der Waals surface area contributed by atoms with Crippen LogP contribution in [0.15, 0.2) is 35.7 Å². The summed E-state index contributed by atoms with van der Waals surface area (Å²) in [6.07, 6.45) is 6.56. The predicted molar refractivity (Wildman–Crippen MR) is 43.1 cm³/mol. The molecule has 0 saturated carbocycles. The molecule has 0 amide bonds. The Balaban J connectivity index is 2.49. The summed E-state index contributed by atoms with van der Waals surface area (Å²) in [7, 11) is 0. The topological polar surface area (TPSA) is 46.2 Å². The lowest BCUT2D eigenvalue weighted by Gasteiger charge is -2.14. The number of fused-ring (bicyclic) bond motifs is 1. The summed E-state index contributed by atoms with van der Waals surface area (Å²) in [4.78, 5) is 22.2. The number of carbonyl (C=O) groups excluding carboxylic acids is 2. The van der Waals surface area contributed by atoms with Gasteiger partial charge in [-0.3, -0.25) is 9.59 Å². The summed E-state index contributed by atoms with van der Waals surface area (Å²) < 4.78 is 0. The minimum absolute atomic E-state index is 0.00481. The van der Waals surface area contributed by atoms with Crippen molar-refractivity contribution in [2.45, 2.75) is 6.42 Å². The highest BCUT2D eigenvalue weighted by molar-refractivity contribution is 6.17. The Morgan fingerprint density at radius 3 is 3.00 bits per heavy atom. The first kappa shape index (κ1) is 7.03. The lowest BCUT2D eigenvalue weighted by Crippen LogP contribution is -2.19. The minimum Gasteiger partial charge on any atom is -0.367 e. The molecule has 3 heteroatoms. The van der Waals surface area contributed by atoms with Crippen molar-refractivity contribution in [2.75, 3.05) is 0 Å². The minimum atomic E-state index is -0.112. The molecular weight excluding hydrogens is 154 g/mol. The first-order valence-electron chi connectivity index (χ1n) is 3.68. The number of rotatable bonds is 0. The van der Waals surface area contributed by atoms with Crippen molar-refractivity contribution in [2.24, 2.45) is 0 Å². The van der Waals surface area contributed by atoms with Crippen LogP contribution in [0.1, 0.15) is 6.42 Å². The fourth-order valence-electron chi connectivity index (χ4n) is 1.29. The van der Waals surface area contributed by atoms with Gasteiger partial charge < -0.3 is 5.32 Å². The van der Waals surface area contributed by atoms with Crippen molar-refractivity contribution in [1.29, 1.82) is 0 Å². The summed E-state index contributed by atoms with van der Waals surface area (Å²) in [5.41, 5.74) is 1.33. The largest absolute Gasteiger partial charge is 0.367 e. The van der Waals surface area contributed by atoms with Crippen molar-refractivity contribution in [1.82, 2.24) is 5.32 Å². The molecule has 2 rings (SSSR count). The summed E-state index contributed by atoms with van der Waals surface area (Å²) in [5.74, 6) is -0.215. The van der Waals surface area contributed by atoms with Crippen LogP contribution in [-0.2, 0) is 9.59 Å². The average molecular weight is 161 g/mol. The third-order valence-corrected chi connectivity index (χ3v) is 1.85. The monoisotopic (exact) mass is 161 g/mol. The lowest BCUT2D eigenvalue weighted by molar-refractivity contribution is -0.122. The number of ketones is 2. The summed E-state index contributed by atoms with van der Waals surface area (Å²) in [5, 5.41) is 2.81. The van der Waals surface area contributed by atoms with Crippen LogP contribution in [0.5, 0.6) is 0 Å². The molecule has 1 aliphatic heterocycles. The Morgan fingerprint density at radius 1 is 1.33 bits per heavy atom. The number of hydrogen-bond acceptors (Lipinski definition) is 3. The molecule has 1 N–H and O–H groups in total. The third kappa shape index (κ3) is 0.993. The maximum atomic E-state index is 11.2. The third-order valence-electron chi connectivity index (χ3n) is 1.85. The summed E-state index contributed by atoms with van der Waals surface area (Å²) >= 11 is 0. The van der Waals surface area contributed by atoms with E-state index in [2.05, 4.69) is 5.32 Å². The van der Waals surface area contributed by atoms with Gasteiger partial charge in [0.1, 0.15) is 0 Å². The van der Waals surface area contributed by atoms with E-state index in [1.165, 1.54) is 6.08 Å². The van der Waals surface area contributed by atoms with Crippen molar-refractivity contribution < 1.29 is 9.59 Å². The van der Waals surface area contributed by atoms with E-state index in [4.69, 9.17) is 0 Å². The second-order valence-corrected chi connectivity index (χ2v) is 2.72. The Labute approximate surface area is 69.5 Å². The molecule has 0 spiro atoms. The molecule has 0 saturated heterocycles. The molecule has 1 aliphatic carbocycles. The average Bonchev–Trinajstić information content (AvgIpc) is 2.04. The van der Waals surface area contributed by atoms with Gasteiger partial charge in [0.15, 0.2) is 11.6 Å². The molecule has 12 heavy (non-hydrogen) atoms. The van der Waals surface area contributed by atoms with Crippen molar-refractivity contribution in [3.05, 3.63) is 35.7 Å². The van der Waals surface area contributed by atoms with Crippen LogP contribution < -0.4 is 5.32 Å². The number of carbonyl (C=O) groups is 2. The Morgan fingerprint density at radius 2 is 2.17 bits per heavy atom. The summed E-state index contributed by atoms with van der Waals surface area (Å²) in [6.45, 7) is 0. The molecule has 0 fully saturated rings. The highest BCUT2D eigenvalue weighted by Crippen LogP contribution is 2.21. The van der Waals surface area contributed by atoms with Gasteiger partial charge in [0.2, 0.25) is 0 Å². The van der Waals surface area contributed by atoms with Crippen LogP contribution in [0, 0.1) is 0 Å². The molecule has 0 unspecified atom stereocenters. The molecule has 0 aromatic heterocycles. The molecule has 3 nitrogen and oxygen atoms in total. The molecule has 0 atom stereocenters. The van der Waals surface area contributed by atoms with Crippen LogP contribution in [0.3, 0.4) is 0 Å². The molecule has 2 aliphatic rings. The normalized spacial score (nSPS) is 21.0. The highest BCUT2D eigenvalue weighted by Gasteiger charge is 2.22. The van der Waals surface area contributed by atoms with E-state index in [0.717, 1.165) is 5.57 Å². The molecule has 0 radical (unpaired) electrons. The molecular formula is C9H7NO2. The van der Waals surface area contributed by atoms with E-state index in [1.54, 1.807) is 18.5 Å². The van der Waals surface area contributed by atoms with Gasteiger partial charge >= 0.3 is 0 Å².